The molecule has 0 bridgehead atoms. The third-order valence-electron chi connectivity index (χ3n) is 2.18. The van der Waals surface area contributed by atoms with Gasteiger partial charge in [-0.15, -0.1) is 0 Å². The van der Waals surface area contributed by atoms with Gasteiger partial charge < -0.3 is 0 Å². The van der Waals surface area contributed by atoms with Gasteiger partial charge in [0.25, 0.3) is 0 Å². The van der Waals surface area contributed by atoms with Crippen molar-refractivity contribution in [1.82, 2.24) is 4.98 Å². The van der Waals surface area contributed by atoms with Gasteiger partial charge in [-0.1, -0.05) is 60.7 Å². The van der Waals surface area contributed by atoms with Gasteiger partial charge in [0.1, 0.15) is 0 Å². The molecule has 0 aliphatic rings. The monoisotopic (exact) mass is 207 g/mol. The minimum absolute atomic E-state index is 1.06. The second kappa shape index (κ2) is 5.66. The Morgan fingerprint density at radius 1 is 0.562 bits per heavy atom. The molecule has 0 saturated heterocycles. The fraction of sp³-hybridized carbons (Fsp3) is 0. The molecule has 3 aromatic rings. The molecule has 0 saturated carbocycles. The third-order valence-corrected chi connectivity index (χ3v) is 2.18. The Bertz CT molecular complexity index is 440. The van der Waals surface area contributed by atoms with Gasteiger partial charge in [0.15, 0.2) is 0 Å². The number of aromatic nitrogens is 1. The second-order valence-corrected chi connectivity index (χ2v) is 3.35. The minimum Gasteiger partial charge on any atom is -0.256 e. The first kappa shape index (κ1) is 10.4. The highest BCUT2D eigenvalue weighted by molar-refractivity contribution is 5.77. The first-order chi connectivity index (χ1) is 7.97. The number of hydrogen-bond acceptors (Lipinski definition) is 1. The van der Waals surface area contributed by atoms with Crippen molar-refractivity contribution in [3.05, 3.63) is 79.0 Å². The van der Waals surface area contributed by atoms with Crippen LogP contribution in [0.25, 0.3) is 10.9 Å². The standard InChI is InChI=1S/C9H7N.C6H6/c1-2-6-9-8(4-1)5-3-7-10-9;1-2-4-6-5-3-1/h1-7H;1-6H. The van der Waals surface area contributed by atoms with Gasteiger partial charge in [-0.2, -0.15) is 0 Å². The largest absolute Gasteiger partial charge is 0.256 e. The van der Waals surface area contributed by atoms with Crippen molar-refractivity contribution in [2.75, 3.05) is 0 Å². The molecule has 1 nitrogen and oxygen atoms in total. The van der Waals surface area contributed by atoms with E-state index in [0.717, 1.165) is 5.52 Å². The van der Waals surface area contributed by atoms with Crippen LogP contribution in [-0.4, -0.2) is 4.98 Å². The zero-order valence-corrected chi connectivity index (χ0v) is 8.95. The number of nitrogens with zero attached hydrogens (tertiary/aromatic N) is 1. The topological polar surface area (TPSA) is 12.9 Å². The Labute approximate surface area is 95.4 Å². The number of rotatable bonds is 0. The van der Waals surface area contributed by atoms with E-state index in [1.165, 1.54) is 5.39 Å². The SMILES string of the molecule is c1ccc2ncccc2c1.c1ccccc1. The molecule has 0 amide bonds. The predicted molar refractivity (Wildman–Crippen MR) is 68.2 cm³/mol. The summed E-state index contributed by atoms with van der Waals surface area (Å²) in [6.07, 6.45) is 1.81. The van der Waals surface area contributed by atoms with Crippen LogP contribution in [0.4, 0.5) is 0 Å². The zero-order chi connectivity index (χ0) is 11.1. The molecule has 0 spiro atoms. The zero-order valence-electron chi connectivity index (χ0n) is 8.95. The molecular formula is C15H13N. The molecule has 1 heterocycles. The smallest absolute Gasteiger partial charge is 0.0701 e. The van der Waals surface area contributed by atoms with Crippen LogP contribution < -0.4 is 0 Å². The van der Waals surface area contributed by atoms with Gasteiger partial charge in [0.2, 0.25) is 0 Å². The quantitative estimate of drug-likeness (QED) is 0.544. The normalized spacial score (nSPS) is 9.25. The fourth-order valence-electron chi connectivity index (χ4n) is 1.40. The maximum atomic E-state index is 4.18. The lowest BCUT2D eigenvalue weighted by Crippen LogP contribution is -1.73. The highest BCUT2D eigenvalue weighted by Crippen LogP contribution is 2.07. The van der Waals surface area contributed by atoms with Gasteiger partial charge in [0.05, 0.1) is 5.52 Å². The Balaban J connectivity index is 0.000000138. The summed E-state index contributed by atoms with van der Waals surface area (Å²) in [6.45, 7) is 0. The second-order valence-electron chi connectivity index (χ2n) is 3.35. The van der Waals surface area contributed by atoms with Crippen LogP contribution in [0, 0.1) is 0 Å². The molecule has 0 fully saturated rings. The summed E-state index contributed by atoms with van der Waals surface area (Å²) in [6, 6.07) is 24.1. The third kappa shape index (κ3) is 2.92. The van der Waals surface area contributed by atoms with E-state index >= 15 is 0 Å². The van der Waals surface area contributed by atoms with Gasteiger partial charge in [0, 0.05) is 11.6 Å². The number of hydrogen-bond donors (Lipinski definition) is 0. The van der Waals surface area contributed by atoms with Crippen LogP contribution in [0.5, 0.6) is 0 Å². The molecule has 0 unspecified atom stereocenters. The Morgan fingerprint density at radius 2 is 1.12 bits per heavy atom. The molecule has 1 heteroatoms. The average molecular weight is 207 g/mol. The molecule has 0 radical (unpaired) electrons. The van der Waals surface area contributed by atoms with E-state index in [9.17, 15) is 0 Å². The molecule has 0 aliphatic heterocycles. The van der Waals surface area contributed by atoms with Crippen LogP contribution >= 0.6 is 0 Å². The van der Waals surface area contributed by atoms with Crippen molar-refractivity contribution in [3.8, 4) is 0 Å². The van der Waals surface area contributed by atoms with Gasteiger partial charge in [-0.25, -0.2) is 0 Å². The Kier molecular flexibility index (Phi) is 3.67. The van der Waals surface area contributed by atoms with Gasteiger partial charge in [-0.05, 0) is 12.1 Å². The summed E-state index contributed by atoms with van der Waals surface area (Å²) in [5, 5.41) is 1.20. The number of pyridine rings is 1. The summed E-state index contributed by atoms with van der Waals surface area (Å²) in [5.74, 6) is 0. The van der Waals surface area contributed by atoms with E-state index in [1.54, 1.807) is 0 Å². The number of fused-ring (bicyclic) bond motifs is 1. The molecular weight excluding hydrogens is 194 g/mol. The van der Waals surface area contributed by atoms with Gasteiger partial charge >= 0.3 is 0 Å². The molecule has 1 aromatic heterocycles. The maximum absolute atomic E-state index is 4.18. The molecule has 78 valence electrons. The van der Waals surface area contributed by atoms with E-state index in [2.05, 4.69) is 17.1 Å². The van der Waals surface area contributed by atoms with Crippen molar-refractivity contribution in [3.63, 3.8) is 0 Å². The predicted octanol–water partition coefficient (Wildman–Crippen LogP) is 3.92. The summed E-state index contributed by atoms with van der Waals surface area (Å²) in [5.41, 5.74) is 1.06. The molecule has 3 rings (SSSR count). The molecule has 0 aliphatic carbocycles. The number of para-hydroxylation sites is 1. The average Bonchev–Trinajstić information content (AvgIpc) is 2.42. The minimum atomic E-state index is 1.06. The number of benzene rings is 2. The van der Waals surface area contributed by atoms with Crippen LogP contribution in [0.15, 0.2) is 79.0 Å². The summed E-state index contributed by atoms with van der Waals surface area (Å²) >= 11 is 0. The lowest BCUT2D eigenvalue weighted by molar-refractivity contribution is 1.41. The van der Waals surface area contributed by atoms with Crippen LogP contribution in [0.1, 0.15) is 0 Å². The van der Waals surface area contributed by atoms with Crippen molar-refractivity contribution in [2.45, 2.75) is 0 Å². The van der Waals surface area contributed by atoms with Crippen molar-refractivity contribution >= 4 is 10.9 Å². The van der Waals surface area contributed by atoms with E-state index in [-0.39, 0.29) is 0 Å². The Hall–Kier alpha value is -2.15. The Morgan fingerprint density at radius 3 is 1.75 bits per heavy atom. The summed E-state index contributed by atoms with van der Waals surface area (Å²) in [4.78, 5) is 4.18. The van der Waals surface area contributed by atoms with E-state index < -0.39 is 0 Å². The van der Waals surface area contributed by atoms with E-state index in [1.807, 2.05) is 66.9 Å². The van der Waals surface area contributed by atoms with Crippen LogP contribution in [-0.2, 0) is 0 Å². The molecule has 2 aromatic carbocycles. The van der Waals surface area contributed by atoms with Crippen molar-refractivity contribution < 1.29 is 0 Å². The fourth-order valence-corrected chi connectivity index (χ4v) is 1.40. The molecule has 0 N–H and O–H groups in total. The summed E-state index contributed by atoms with van der Waals surface area (Å²) < 4.78 is 0. The van der Waals surface area contributed by atoms with E-state index in [4.69, 9.17) is 0 Å². The first-order valence-corrected chi connectivity index (χ1v) is 5.26. The summed E-state index contributed by atoms with van der Waals surface area (Å²) in [7, 11) is 0. The van der Waals surface area contributed by atoms with E-state index in [0.29, 0.717) is 0 Å². The van der Waals surface area contributed by atoms with Crippen molar-refractivity contribution in [1.29, 1.82) is 0 Å². The van der Waals surface area contributed by atoms with Gasteiger partial charge in [-0.3, -0.25) is 4.98 Å². The lowest BCUT2D eigenvalue weighted by atomic mass is 10.2. The first-order valence-electron chi connectivity index (χ1n) is 5.26. The molecule has 16 heavy (non-hydrogen) atoms. The lowest BCUT2D eigenvalue weighted by Gasteiger charge is -1.91. The molecule has 0 atom stereocenters. The van der Waals surface area contributed by atoms with Crippen LogP contribution in [0.2, 0.25) is 0 Å². The highest BCUT2D eigenvalue weighted by atomic mass is 14.6. The van der Waals surface area contributed by atoms with Crippen LogP contribution in [0.3, 0.4) is 0 Å². The maximum Gasteiger partial charge on any atom is 0.0701 e. The van der Waals surface area contributed by atoms with Crippen molar-refractivity contribution in [2.24, 2.45) is 0 Å². The highest BCUT2D eigenvalue weighted by Gasteiger charge is 1.86.